The first-order valence-electron chi connectivity index (χ1n) is 5.15. The fourth-order valence-electron chi connectivity index (χ4n) is 1.78. The maximum absolute atomic E-state index is 12.3. The normalized spacial score (nSPS) is 20.3. The Bertz CT molecular complexity index is 449. The zero-order valence-corrected chi connectivity index (χ0v) is 11.4. The van der Waals surface area contributed by atoms with Crippen LogP contribution in [0.3, 0.4) is 0 Å². The number of nitrogens with two attached hydrogens (primary N) is 1. The molecule has 0 bridgehead atoms. The monoisotopic (exact) mass is 317 g/mol. The molecule has 1 aliphatic rings. The van der Waals surface area contributed by atoms with Crippen molar-refractivity contribution in [3.63, 3.8) is 0 Å². The minimum atomic E-state index is -0.565. The summed E-state index contributed by atoms with van der Waals surface area (Å²) in [5, 5.41) is 4.89. The lowest BCUT2D eigenvalue weighted by Gasteiger charge is -2.33. The topological polar surface area (TPSA) is 75.4 Å². The minimum Gasteiger partial charge on any atom is -0.368 e. The molecule has 2 amide bonds. The van der Waals surface area contributed by atoms with Gasteiger partial charge in [-0.2, -0.15) is 0 Å². The van der Waals surface area contributed by atoms with E-state index in [2.05, 4.69) is 21.2 Å². The number of nitrogens with zero attached hydrogens (tertiary/aromatic N) is 1. The molecule has 0 spiro atoms. The second-order valence-corrected chi connectivity index (χ2v) is 5.49. The van der Waals surface area contributed by atoms with Crippen LogP contribution in [0.1, 0.15) is 9.67 Å². The molecule has 0 saturated carbocycles. The average molecular weight is 318 g/mol. The highest BCUT2D eigenvalue weighted by molar-refractivity contribution is 9.10. The van der Waals surface area contributed by atoms with Gasteiger partial charge in [0.05, 0.1) is 0 Å². The molecule has 1 aromatic heterocycles. The molecule has 17 heavy (non-hydrogen) atoms. The molecule has 0 aromatic carbocycles. The standard InChI is InChI=1S/C10H12BrN3O2S/c11-6-1-4-17-8(6)10(16)14-3-2-13-5-7(14)9(12)15/h1,4,7,13H,2-3,5H2,(H2,12,15). The maximum atomic E-state index is 12.3. The molecule has 2 heterocycles. The number of primary amides is 1. The van der Waals surface area contributed by atoms with Crippen molar-refractivity contribution in [2.24, 2.45) is 5.73 Å². The van der Waals surface area contributed by atoms with Gasteiger partial charge in [0, 0.05) is 24.1 Å². The van der Waals surface area contributed by atoms with Gasteiger partial charge in [0.15, 0.2) is 0 Å². The van der Waals surface area contributed by atoms with Crippen LogP contribution >= 0.6 is 27.3 Å². The van der Waals surface area contributed by atoms with Crippen molar-refractivity contribution in [3.05, 3.63) is 20.8 Å². The van der Waals surface area contributed by atoms with Gasteiger partial charge in [-0.1, -0.05) is 0 Å². The second kappa shape index (κ2) is 5.16. The van der Waals surface area contributed by atoms with Crippen LogP contribution in [0.4, 0.5) is 0 Å². The van der Waals surface area contributed by atoms with E-state index < -0.39 is 11.9 Å². The predicted octanol–water partition coefficient (Wildman–Crippen LogP) is 0.410. The third kappa shape index (κ3) is 2.51. The van der Waals surface area contributed by atoms with Gasteiger partial charge in [-0.05, 0) is 27.4 Å². The molecule has 2 rings (SSSR count). The molecule has 1 aromatic rings. The molecule has 1 aliphatic heterocycles. The van der Waals surface area contributed by atoms with Crippen LogP contribution in [0.15, 0.2) is 15.9 Å². The van der Waals surface area contributed by atoms with Crippen LogP contribution in [-0.4, -0.2) is 42.4 Å². The summed E-state index contributed by atoms with van der Waals surface area (Å²) in [5.74, 6) is -0.615. The van der Waals surface area contributed by atoms with Gasteiger partial charge in [-0.3, -0.25) is 9.59 Å². The molecule has 0 aliphatic carbocycles. The summed E-state index contributed by atoms with van der Waals surface area (Å²) in [4.78, 5) is 25.7. The number of carbonyl (C=O) groups is 2. The molecular weight excluding hydrogens is 306 g/mol. The van der Waals surface area contributed by atoms with Crippen molar-refractivity contribution in [1.29, 1.82) is 0 Å². The summed E-state index contributed by atoms with van der Waals surface area (Å²) >= 11 is 4.68. The highest BCUT2D eigenvalue weighted by Crippen LogP contribution is 2.25. The summed E-state index contributed by atoms with van der Waals surface area (Å²) in [6.45, 7) is 1.60. The molecular formula is C10H12BrN3O2S. The van der Waals surface area contributed by atoms with Crippen LogP contribution in [-0.2, 0) is 4.79 Å². The summed E-state index contributed by atoms with van der Waals surface area (Å²) in [6, 6.07) is 1.25. The van der Waals surface area contributed by atoms with Crippen LogP contribution in [0.25, 0.3) is 0 Å². The van der Waals surface area contributed by atoms with E-state index in [1.807, 2.05) is 11.4 Å². The number of hydrogen-bond acceptors (Lipinski definition) is 4. The number of amides is 2. The Morgan fingerprint density at radius 3 is 2.94 bits per heavy atom. The molecule has 5 nitrogen and oxygen atoms in total. The predicted molar refractivity (Wildman–Crippen MR) is 68.9 cm³/mol. The SMILES string of the molecule is NC(=O)C1CNCCN1C(=O)c1sccc1Br. The molecule has 0 radical (unpaired) electrons. The Balaban J connectivity index is 2.23. The molecule has 7 heteroatoms. The third-order valence-corrected chi connectivity index (χ3v) is 4.47. The largest absolute Gasteiger partial charge is 0.368 e. The van der Waals surface area contributed by atoms with Crippen molar-refractivity contribution < 1.29 is 9.59 Å². The van der Waals surface area contributed by atoms with E-state index in [4.69, 9.17) is 5.73 Å². The smallest absolute Gasteiger partial charge is 0.265 e. The van der Waals surface area contributed by atoms with Crippen LogP contribution in [0.5, 0.6) is 0 Å². The first kappa shape index (κ1) is 12.5. The van der Waals surface area contributed by atoms with E-state index >= 15 is 0 Å². The van der Waals surface area contributed by atoms with Gasteiger partial charge >= 0.3 is 0 Å². The Labute approximate surface area is 111 Å². The lowest BCUT2D eigenvalue weighted by atomic mass is 10.1. The van der Waals surface area contributed by atoms with Crippen molar-refractivity contribution in [2.75, 3.05) is 19.6 Å². The van der Waals surface area contributed by atoms with E-state index in [1.54, 1.807) is 0 Å². The highest BCUT2D eigenvalue weighted by atomic mass is 79.9. The van der Waals surface area contributed by atoms with E-state index in [0.29, 0.717) is 24.5 Å². The van der Waals surface area contributed by atoms with E-state index in [0.717, 1.165) is 4.47 Å². The van der Waals surface area contributed by atoms with Crippen LogP contribution < -0.4 is 11.1 Å². The number of hydrogen-bond donors (Lipinski definition) is 2. The fourth-order valence-corrected chi connectivity index (χ4v) is 3.27. The zero-order valence-electron chi connectivity index (χ0n) is 8.98. The number of rotatable bonds is 2. The summed E-state index contributed by atoms with van der Waals surface area (Å²) in [7, 11) is 0. The van der Waals surface area contributed by atoms with Gasteiger partial charge in [0.25, 0.3) is 5.91 Å². The molecule has 1 fully saturated rings. The van der Waals surface area contributed by atoms with Crippen molar-refractivity contribution in [1.82, 2.24) is 10.2 Å². The van der Waals surface area contributed by atoms with E-state index in [-0.39, 0.29) is 5.91 Å². The number of halogens is 1. The maximum Gasteiger partial charge on any atom is 0.265 e. The van der Waals surface area contributed by atoms with E-state index in [9.17, 15) is 9.59 Å². The van der Waals surface area contributed by atoms with E-state index in [1.165, 1.54) is 16.2 Å². The molecule has 1 saturated heterocycles. The second-order valence-electron chi connectivity index (χ2n) is 3.72. The first-order valence-corrected chi connectivity index (χ1v) is 6.82. The Morgan fingerprint density at radius 2 is 2.35 bits per heavy atom. The Kier molecular flexibility index (Phi) is 3.80. The van der Waals surface area contributed by atoms with Gasteiger partial charge < -0.3 is 16.0 Å². The van der Waals surface area contributed by atoms with Gasteiger partial charge in [-0.15, -0.1) is 11.3 Å². The summed E-state index contributed by atoms with van der Waals surface area (Å²) in [5.41, 5.74) is 5.31. The molecule has 1 unspecified atom stereocenters. The molecule has 92 valence electrons. The quantitative estimate of drug-likeness (QED) is 0.829. The highest BCUT2D eigenvalue weighted by Gasteiger charge is 2.32. The van der Waals surface area contributed by atoms with Crippen molar-refractivity contribution >= 4 is 39.1 Å². The lowest BCUT2D eigenvalue weighted by molar-refractivity contribution is -0.122. The lowest BCUT2D eigenvalue weighted by Crippen LogP contribution is -2.58. The third-order valence-electron chi connectivity index (χ3n) is 2.64. The van der Waals surface area contributed by atoms with Crippen molar-refractivity contribution in [2.45, 2.75) is 6.04 Å². The number of nitrogens with one attached hydrogen (secondary N) is 1. The number of piperazine rings is 1. The van der Waals surface area contributed by atoms with Gasteiger partial charge in [-0.25, -0.2) is 0 Å². The van der Waals surface area contributed by atoms with Gasteiger partial charge in [0.2, 0.25) is 5.91 Å². The summed E-state index contributed by atoms with van der Waals surface area (Å²) < 4.78 is 0.759. The summed E-state index contributed by atoms with van der Waals surface area (Å²) in [6.07, 6.45) is 0. The minimum absolute atomic E-state index is 0.142. The van der Waals surface area contributed by atoms with Crippen LogP contribution in [0.2, 0.25) is 0 Å². The molecule has 1 atom stereocenters. The number of thiophene rings is 1. The Morgan fingerprint density at radius 1 is 1.59 bits per heavy atom. The molecule has 3 N–H and O–H groups in total. The number of carbonyl (C=O) groups excluding carboxylic acids is 2. The Hall–Kier alpha value is -0.920. The van der Waals surface area contributed by atoms with Crippen molar-refractivity contribution in [3.8, 4) is 0 Å². The van der Waals surface area contributed by atoms with Crippen LogP contribution in [0, 0.1) is 0 Å². The zero-order chi connectivity index (χ0) is 12.4. The average Bonchev–Trinajstić information content (AvgIpc) is 2.74. The first-order chi connectivity index (χ1) is 8.11. The fraction of sp³-hybridized carbons (Fsp3) is 0.400. The van der Waals surface area contributed by atoms with Gasteiger partial charge in [0.1, 0.15) is 10.9 Å².